The van der Waals surface area contributed by atoms with Gasteiger partial charge < -0.3 is 27.0 Å². The van der Waals surface area contributed by atoms with Crippen LogP contribution in [0.3, 0.4) is 0 Å². The normalized spacial score (nSPS) is 15.3. The first kappa shape index (κ1) is 32.6. The number of nitrogen functional groups attached to an aromatic ring is 2. The molecule has 1 atom stereocenters. The number of nitrogens with two attached hydrogens (primary N) is 2. The van der Waals surface area contributed by atoms with E-state index in [0.717, 1.165) is 50.3 Å². The molecule has 1 fully saturated rings. The molecule has 0 aliphatic carbocycles. The Morgan fingerprint density at radius 1 is 1.07 bits per heavy atom. The van der Waals surface area contributed by atoms with Crippen LogP contribution in [0, 0.1) is 0 Å². The second kappa shape index (κ2) is 13.8. The number of hydrogen-bond donors (Lipinski definition) is 6. The molecule has 41 heavy (non-hydrogen) atoms. The van der Waals surface area contributed by atoms with Gasteiger partial charge in [-0.05, 0) is 67.1 Å². The number of nitrogens with one attached hydrogen (secondary N) is 1. The van der Waals surface area contributed by atoms with Gasteiger partial charge in [0.15, 0.2) is 0 Å². The van der Waals surface area contributed by atoms with E-state index in [2.05, 4.69) is 9.50 Å². The van der Waals surface area contributed by atoms with Gasteiger partial charge in [-0.15, -0.1) is 0 Å². The highest BCUT2D eigenvalue weighted by molar-refractivity contribution is 8.77. The molecule has 3 aromatic rings. The summed E-state index contributed by atoms with van der Waals surface area (Å²) in [4.78, 5) is 11.4. The Kier molecular flexibility index (Phi) is 11.0. The van der Waals surface area contributed by atoms with Crippen molar-refractivity contribution in [2.75, 3.05) is 29.6 Å². The lowest BCUT2D eigenvalue weighted by Gasteiger charge is -2.15. The Hall–Kier alpha value is -2.89. The van der Waals surface area contributed by atoms with Crippen LogP contribution >= 0.6 is 21.6 Å². The maximum atomic E-state index is 12.6. The summed E-state index contributed by atoms with van der Waals surface area (Å²) in [5, 5.41) is 22.3. The molecule has 1 heterocycles. The van der Waals surface area contributed by atoms with Gasteiger partial charge in [-0.1, -0.05) is 28.0 Å². The highest BCUT2D eigenvalue weighted by atomic mass is 33.1. The van der Waals surface area contributed by atoms with Crippen LogP contribution in [0.25, 0.3) is 10.8 Å². The first-order chi connectivity index (χ1) is 19.2. The van der Waals surface area contributed by atoms with Crippen molar-refractivity contribution in [3.8, 4) is 11.5 Å². The zero-order valence-corrected chi connectivity index (χ0v) is 25.2. The summed E-state index contributed by atoms with van der Waals surface area (Å²) in [6.45, 7) is 0. The number of benzene rings is 3. The number of hydrogen-bond acceptors (Lipinski definition) is 12. The predicted molar refractivity (Wildman–Crippen MR) is 162 cm³/mol. The monoisotopic (exact) mass is 645 g/mol. The molecule has 1 unspecified atom stereocenters. The van der Waals surface area contributed by atoms with Crippen molar-refractivity contribution in [1.29, 1.82) is 0 Å². The van der Waals surface area contributed by atoms with Crippen molar-refractivity contribution >= 4 is 75.6 Å². The minimum Gasteiger partial charge on any atom is -0.508 e. The first-order valence-corrected chi connectivity index (χ1v) is 17.5. The molecule has 1 amide bonds. The number of unbranched alkanes of at least 4 members (excludes halogenated alkanes) is 1. The molecule has 0 bridgehead atoms. The van der Waals surface area contributed by atoms with Crippen LogP contribution in [-0.2, 0) is 29.2 Å². The molecule has 0 aromatic heterocycles. The molecule has 0 radical (unpaired) electrons. The Balaban J connectivity index is 0.000000496. The van der Waals surface area contributed by atoms with E-state index in [1.165, 1.54) is 0 Å². The zero-order chi connectivity index (χ0) is 30.4. The minimum atomic E-state index is -4.82. The van der Waals surface area contributed by atoms with Gasteiger partial charge in [0, 0.05) is 28.5 Å². The number of amides is 1. The molecule has 1 saturated heterocycles. The summed E-state index contributed by atoms with van der Waals surface area (Å²) in [5.74, 6) is 0.260. The molecule has 3 aromatic carbocycles. The van der Waals surface area contributed by atoms with Gasteiger partial charge in [0.05, 0.1) is 23.4 Å². The summed E-state index contributed by atoms with van der Waals surface area (Å²) < 4.78 is 61.7. The Bertz CT molecular complexity index is 1590. The van der Waals surface area contributed by atoms with E-state index in [0.29, 0.717) is 17.4 Å². The van der Waals surface area contributed by atoms with Crippen LogP contribution in [0.5, 0.6) is 11.5 Å². The molecular weight excluding hydrogens is 615 g/mol. The van der Waals surface area contributed by atoms with Crippen molar-refractivity contribution in [3.63, 3.8) is 0 Å². The fourth-order valence-electron chi connectivity index (χ4n) is 3.95. The Morgan fingerprint density at radius 2 is 1.76 bits per heavy atom. The Labute approximate surface area is 246 Å². The zero-order valence-electron chi connectivity index (χ0n) is 21.9. The topological polar surface area (TPSA) is 219 Å². The molecule has 224 valence electrons. The summed E-state index contributed by atoms with van der Waals surface area (Å²) in [5.41, 5.74) is 11.0. The number of anilines is 3. The summed E-state index contributed by atoms with van der Waals surface area (Å²) >= 11 is 0. The lowest BCUT2D eigenvalue weighted by Crippen LogP contribution is -2.13. The van der Waals surface area contributed by atoms with Crippen LogP contribution in [0.1, 0.15) is 32.1 Å². The lowest BCUT2D eigenvalue weighted by molar-refractivity contribution is -0.116. The standard InChI is InChI=1S/C19H24N2O8S4.C6H7NO/c1-29-33(27,28)13-8-11-9-15(32(24,25)26)18(20)19(23)17(11)14(10-13)21-16(22)5-3-2-4-12-6-7-30-31-12;7-5-1-3-6(8)4-2-5/h8-10,12,23H,2-7,20H2,1H3,(H,21,22)(H,24,25,26);1-4,8H,7H2. The quantitative estimate of drug-likeness (QED) is 0.0363. The summed E-state index contributed by atoms with van der Waals surface area (Å²) in [7, 11) is -4.38. The van der Waals surface area contributed by atoms with Crippen LogP contribution in [-0.4, -0.2) is 55.6 Å². The third kappa shape index (κ3) is 8.80. The highest BCUT2D eigenvalue weighted by Gasteiger charge is 2.25. The van der Waals surface area contributed by atoms with E-state index in [1.54, 1.807) is 24.3 Å². The predicted octanol–water partition coefficient (Wildman–Crippen LogP) is 4.34. The van der Waals surface area contributed by atoms with Gasteiger partial charge in [0.1, 0.15) is 16.4 Å². The van der Waals surface area contributed by atoms with Crippen molar-refractivity contribution in [3.05, 3.63) is 42.5 Å². The molecule has 1 aliphatic rings. The van der Waals surface area contributed by atoms with Gasteiger partial charge >= 0.3 is 0 Å². The average Bonchev–Trinajstić information content (AvgIpc) is 3.43. The Morgan fingerprint density at radius 3 is 2.32 bits per heavy atom. The van der Waals surface area contributed by atoms with Gasteiger partial charge in [0.25, 0.3) is 20.2 Å². The highest BCUT2D eigenvalue weighted by Crippen LogP contribution is 2.42. The number of phenolic OH excluding ortho intramolecular Hbond substituents is 2. The van der Waals surface area contributed by atoms with Crippen LogP contribution in [0.15, 0.2) is 52.3 Å². The van der Waals surface area contributed by atoms with Crippen molar-refractivity contribution in [2.24, 2.45) is 0 Å². The van der Waals surface area contributed by atoms with Gasteiger partial charge in [-0.25, -0.2) is 0 Å². The average molecular weight is 646 g/mol. The molecule has 0 saturated carbocycles. The van der Waals surface area contributed by atoms with Gasteiger partial charge in [0.2, 0.25) is 5.91 Å². The number of phenols is 2. The largest absolute Gasteiger partial charge is 0.508 e. The molecule has 4 rings (SSSR count). The fraction of sp³-hybridized carbons (Fsp3) is 0.320. The van der Waals surface area contributed by atoms with E-state index in [-0.39, 0.29) is 33.5 Å². The van der Waals surface area contributed by atoms with E-state index in [1.807, 2.05) is 21.6 Å². The van der Waals surface area contributed by atoms with Crippen molar-refractivity contribution in [1.82, 2.24) is 0 Å². The van der Waals surface area contributed by atoms with Crippen LogP contribution < -0.4 is 16.8 Å². The van der Waals surface area contributed by atoms with E-state index in [4.69, 9.17) is 16.6 Å². The van der Waals surface area contributed by atoms with Crippen LogP contribution in [0.2, 0.25) is 0 Å². The van der Waals surface area contributed by atoms with Crippen molar-refractivity contribution in [2.45, 2.75) is 47.1 Å². The number of fused-ring (bicyclic) bond motifs is 1. The smallest absolute Gasteiger partial charge is 0.296 e. The second-order valence-electron chi connectivity index (χ2n) is 9.02. The van der Waals surface area contributed by atoms with E-state index in [9.17, 15) is 31.3 Å². The second-order valence-corrected chi connectivity index (χ2v) is 14.9. The molecule has 0 spiro atoms. The summed E-state index contributed by atoms with van der Waals surface area (Å²) in [6.07, 6.45) is 3.82. The maximum Gasteiger partial charge on any atom is 0.296 e. The van der Waals surface area contributed by atoms with E-state index >= 15 is 0 Å². The van der Waals surface area contributed by atoms with E-state index < -0.39 is 42.5 Å². The third-order valence-corrected chi connectivity index (χ3v) is 11.2. The number of aromatic hydroxyl groups is 2. The molecular formula is C25H31N3O9S4. The van der Waals surface area contributed by atoms with Crippen LogP contribution in [0.4, 0.5) is 17.1 Å². The molecule has 16 heteroatoms. The fourth-order valence-corrected chi connectivity index (χ4v) is 8.35. The molecule has 12 nitrogen and oxygen atoms in total. The first-order valence-electron chi connectivity index (χ1n) is 12.2. The minimum absolute atomic E-state index is 0.0670. The van der Waals surface area contributed by atoms with Crippen molar-refractivity contribution < 1.29 is 40.6 Å². The molecule has 1 aliphatic heterocycles. The van der Waals surface area contributed by atoms with Gasteiger partial charge in [-0.3, -0.25) is 13.5 Å². The number of carbonyl (C=O) groups is 1. The molecule has 8 N–H and O–H groups in total. The maximum absolute atomic E-state index is 12.6. The summed E-state index contributed by atoms with van der Waals surface area (Å²) in [6, 6.07) is 9.46. The number of rotatable bonds is 9. The van der Waals surface area contributed by atoms with Gasteiger partial charge in [-0.2, -0.15) is 16.8 Å². The number of carbonyl (C=O) groups excluding carboxylic acids is 1. The lowest BCUT2D eigenvalue weighted by atomic mass is 10.1. The SMILES string of the molecule is COS(=O)(=O)c1cc(NC(=O)CCCCC2CCSS2)c2c(O)c(N)c(S(=O)(=O)O)cc2c1.Nc1ccc(O)cc1. The third-order valence-electron chi connectivity index (χ3n) is 6.05.